The van der Waals surface area contributed by atoms with E-state index in [9.17, 15) is 0 Å². The molecule has 1 saturated carbocycles. The molecule has 3 unspecified atom stereocenters. The van der Waals surface area contributed by atoms with E-state index >= 15 is 0 Å². The van der Waals surface area contributed by atoms with Crippen LogP contribution in [0.4, 0.5) is 0 Å². The summed E-state index contributed by atoms with van der Waals surface area (Å²) >= 11 is 0. The zero-order chi connectivity index (χ0) is 14.1. The van der Waals surface area contributed by atoms with Gasteiger partial charge in [0.15, 0.2) is 0 Å². The molecule has 1 aromatic heterocycles. The van der Waals surface area contributed by atoms with Gasteiger partial charge in [0, 0.05) is 24.9 Å². The predicted octanol–water partition coefficient (Wildman–Crippen LogP) is 3.14. The van der Waals surface area contributed by atoms with Crippen molar-refractivity contribution in [3.63, 3.8) is 0 Å². The molecule has 108 valence electrons. The van der Waals surface area contributed by atoms with Crippen LogP contribution >= 0.6 is 0 Å². The van der Waals surface area contributed by atoms with Crippen LogP contribution in [0.1, 0.15) is 31.9 Å². The molecule has 0 aliphatic heterocycles. The van der Waals surface area contributed by atoms with Gasteiger partial charge in [-0.3, -0.25) is 4.68 Å². The lowest BCUT2D eigenvalue weighted by molar-refractivity contribution is 0.306. The molecule has 0 saturated heterocycles. The maximum atomic E-state index is 4.75. The molecule has 3 nitrogen and oxygen atoms in total. The Bertz CT molecular complexity index is 587. The summed E-state index contributed by atoms with van der Waals surface area (Å²) in [4.78, 5) is 0. The van der Waals surface area contributed by atoms with Gasteiger partial charge in [-0.05, 0) is 31.4 Å². The Kier molecular flexibility index (Phi) is 3.79. The number of hydrogen-bond donors (Lipinski definition) is 1. The highest BCUT2D eigenvalue weighted by atomic mass is 15.3. The van der Waals surface area contributed by atoms with E-state index < -0.39 is 0 Å². The van der Waals surface area contributed by atoms with E-state index in [4.69, 9.17) is 5.10 Å². The van der Waals surface area contributed by atoms with Crippen LogP contribution in [0.3, 0.4) is 0 Å². The third-order valence-electron chi connectivity index (χ3n) is 5.06. The zero-order valence-corrected chi connectivity index (χ0v) is 12.8. The van der Waals surface area contributed by atoms with Gasteiger partial charge in [0.05, 0.1) is 11.2 Å². The molecule has 1 N–H and O–H groups in total. The van der Waals surface area contributed by atoms with Crippen molar-refractivity contribution >= 4 is 10.9 Å². The van der Waals surface area contributed by atoms with E-state index in [2.05, 4.69) is 43.6 Å². The number of likely N-dealkylation sites (N-methyl/N-ethyl adjacent to an activating group) is 1. The number of para-hydroxylation sites is 1. The third kappa shape index (κ3) is 2.35. The topological polar surface area (TPSA) is 29.9 Å². The molecule has 3 heteroatoms. The predicted molar refractivity (Wildman–Crippen MR) is 83.8 cm³/mol. The molecule has 0 amide bonds. The molecule has 1 aliphatic carbocycles. The van der Waals surface area contributed by atoms with Gasteiger partial charge in [0.25, 0.3) is 0 Å². The summed E-state index contributed by atoms with van der Waals surface area (Å²) in [6, 6.07) is 9.09. The first-order chi connectivity index (χ1) is 9.70. The zero-order valence-electron chi connectivity index (χ0n) is 12.8. The Balaban J connectivity index is 1.87. The van der Waals surface area contributed by atoms with E-state index in [0.717, 1.165) is 18.3 Å². The number of aryl methyl sites for hydroxylation is 1. The standard InChI is InChI=1S/C17H25N3/c1-12-7-6-9-13(12)15(18-2)11-16-14-8-4-5-10-17(14)20(3)19-16/h4-5,8,10,12-13,15,18H,6-7,9,11H2,1-3H3. The number of rotatable bonds is 4. The molecule has 1 aliphatic rings. The summed E-state index contributed by atoms with van der Waals surface area (Å²) in [5, 5.41) is 9.60. The Hall–Kier alpha value is -1.35. The van der Waals surface area contributed by atoms with Crippen molar-refractivity contribution in [1.82, 2.24) is 15.1 Å². The first-order valence-corrected chi connectivity index (χ1v) is 7.78. The van der Waals surface area contributed by atoms with Gasteiger partial charge < -0.3 is 5.32 Å². The summed E-state index contributed by atoms with van der Waals surface area (Å²) < 4.78 is 2.01. The molecule has 1 heterocycles. The summed E-state index contributed by atoms with van der Waals surface area (Å²) in [5.74, 6) is 1.63. The second-order valence-electron chi connectivity index (χ2n) is 6.26. The average molecular weight is 271 g/mol. The lowest BCUT2D eigenvalue weighted by atomic mass is 9.87. The normalized spacial score (nSPS) is 24.4. The van der Waals surface area contributed by atoms with Gasteiger partial charge in [-0.2, -0.15) is 5.10 Å². The highest BCUT2D eigenvalue weighted by Gasteiger charge is 2.30. The van der Waals surface area contributed by atoms with E-state index in [1.807, 2.05) is 11.7 Å². The van der Waals surface area contributed by atoms with Gasteiger partial charge in [0.1, 0.15) is 0 Å². The Morgan fingerprint density at radius 1 is 1.35 bits per heavy atom. The third-order valence-corrected chi connectivity index (χ3v) is 5.06. The molecule has 20 heavy (non-hydrogen) atoms. The molecular formula is C17H25N3. The maximum Gasteiger partial charge on any atom is 0.0718 e. The minimum Gasteiger partial charge on any atom is -0.316 e. The number of nitrogens with zero attached hydrogens (tertiary/aromatic N) is 2. The van der Waals surface area contributed by atoms with Gasteiger partial charge in [-0.25, -0.2) is 0 Å². The molecule has 0 bridgehead atoms. The van der Waals surface area contributed by atoms with Crippen molar-refractivity contribution in [2.75, 3.05) is 7.05 Å². The fraction of sp³-hybridized carbons (Fsp3) is 0.588. The monoisotopic (exact) mass is 271 g/mol. The number of aromatic nitrogens is 2. The van der Waals surface area contributed by atoms with Crippen molar-refractivity contribution in [2.45, 2.75) is 38.6 Å². The molecule has 3 atom stereocenters. The van der Waals surface area contributed by atoms with Crippen LogP contribution in [0.25, 0.3) is 10.9 Å². The van der Waals surface area contributed by atoms with Crippen LogP contribution in [0.5, 0.6) is 0 Å². The largest absolute Gasteiger partial charge is 0.316 e. The van der Waals surface area contributed by atoms with Crippen molar-refractivity contribution < 1.29 is 0 Å². The SMILES string of the molecule is CNC(Cc1nn(C)c2ccccc12)C1CCCC1C. The number of hydrogen-bond acceptors (Lipinski definition) is 2. The molecular weight excluding hydrogens is 246 g/mol. The minimum atomic E-state index is 0.547. The van der Waals surface area contributed by atoms with Crippen LogP contribution in [-0.4, -0.2) is 22.9 Å². The van der Waals surface area contributed by atoms with Gasteiger partial charge in [-0.1, -0.05) is 38.0 Å². The maximum absolute atomic E-state index is 4.75. The van der Waals surface area contributed by atoms with Crippen molar-refractivity contribution in [3.8, 4) is 0 Å². The second-order valence-corrected chi connectivity index (χ2v) is 6.26. The first-order valence-electron chi connectivity index (χ1n) is 7.78. The average Bonchev–Trinajstić information content (AvgIpc) is 3.01. The second kappa shape index (κ2) is 5.57. The van der Waals surface area contributed by atoms with Crippen LogP contribution in [0, 0.1) is 11.8 Å². The highest BCUT2D eigenvalue weighted by Crippen LogP contribution is 2.35. The van der Waals surface area contributed by atoms with Crippen LogP contribution in [0.2, 0.25) is 0 Å². The van der Waals surface area contributed by atoms with Crippen LogP contribution in [0.15, 0.2) is 24.3 Å². The Morgan fingerprint density at radius 2 is 2.15 bits per heavy atom. The summed E-state index contributed by atoms with van der Waals surface area (Å²) in [6.45, 7) is 2.40. The Morgan fingerprint density at radius 3 is 2.85 bits per heavy atom. The van der Waals surface area contributed by atoms with Gasteiger partial charge in [-0.15, -0.1) is 0 Å². The van der Waals surface area contributed by atoms with Crippen LogP contribution in [-0.2, 0) is 13.5 Å². The smallest absolute Gasteiger partial charge is 0.0718 e. The summed E-state index contributed by atoms with van der Waals surface area (Å²) in [6.07, 6.45) is 5.16. The number of benzene rings is 1. The van der Waals surface area contributed by atoms with Gasteiger partial charge in [0.2, 0.25) is 0 Å². The van der Waals surface area contributed by atoms with Crippen molar-refractivity contribution in [1.29, 1.82) is 0 Å². The highest BCUT2D eigenvalue weighted by molar-refractivity contribution is 5.81. The summed E-state index contributed by atoms with van der Waals surface area (Å²) in [7, 11) is 4.14. The van der Waals surface area contributed by atoms with Crippen molar-refractivity contribution in [2.24, 2.45) is 18.9 Å². The molecule has 1 fully saturated rings. The summed E-state index contributed by atoms with van der Waals surface area (Å²) in [5.41, 5.74) is 2.47. The fourth-order valence-electron chi connectivity index (χ4n) is 3.89. The van der Waals surface area contributed by atoms with Gasteiger partial charge >= 0.3 is 0 Å². The first kappa shape index (κ1) is 13.6. The van der Waals surface area contributed by atoms with E-state index in [-0.39, 0.29) is 0 Å². The van der Waals surface area contributed by atoms with E-state index in [1.165, 1.54) is 35.9 Å². The fourth-order valence-corrected chi connectivity index (χ4v) is 3.89. The van der Waals surface area contributed by atoms with Crippen LogP contribution < -0.4 is 5.32 Å². The Labute approximate surface area is 121 Å². The lowest BCUT2D eigenvalue weighted by Crippen LogP contribution is -2.37. The lowest BCUT2D eigenvalue weighted by Gasteiger charge is -2.26. The molecule has 2 aromatic rings. The van der Waals surface area contributed by atoms with E-state index in [0.29, 0.717) is 6.04 Å². The number of nitrogens with one attached hydrogen (secondary N) is 1. The molecule has 0 spiro atoms. The molecule has 3 rings (SSSR count). The van der Waals surface area contributed by atoms with Crippen molar-refractivity contribution in [3.05, 3.63) is 30.0 Å². The molecule has 1 aromatic carbocycles. The van der Waals surface area contributed by atoms with E-state index in [1.54, 1.807) is 0 Å². The number of fused-ring (bicyclic) bond motifs is 1. The minimum absolute atomic E-state index is 0.547. The quantitative estimate of drug-likeness (QED) is 0.926. The molecule has 0 radical (unpaired) electrons.